The molecule has 3 rings (SSSR count). The third kappa shape index (κ3) is 3.03. The number of aryl methyl sites for hydroxylation is 1. The van der Waals surface area contributed by atoms with E-state index in [2.05, 4.69) is 9.71 Å². The zero-order valence-corrected chi connectivity index (χ0v) is 14.1. The SMILES string of the molecule is CCC(=O)Nc1cc(OC2=NS(=O)(=O)c3ccccc32)ccc1C. The Bertz CT molecular complexity index is 949. The lowest BCUT2D eigenvalue weighted by molar-refractivity contribution is -0.115. The van der Waals surface area contributed by atoms with E-state index in [1.807, 2.05) is 6.92 Å². The molecule has 0 aliphatic carbocycles. The first-order valence-corrected chi connectivity index (χ1v) is 8.87. The van der Waals surface area contributed by atoms with Gasteiger partial charge in [0.05, 0.1) is 5.56 Å². The van der Waals surface area contributed by atoms with Crippen molar-refractivity contribution in [3.8, 4) is 5.75 Å². The third-order valence-electron chi connectivity index (χ3n) is 3.62. The second-order valence-electron chi connectivity index (χ2n) is 5.35. The fourth-order valence-electron chi connectivity index (χ4n) is 2.30. The number of hydrogen-bond donors (Lipinski definition) is 1. The van der Waals surface area contributed by atoms with Crippen molar-refractivity contribution in [1.82, 2.24) is 0 Å². The average Bonchev–Trinajstić information content (AvgIpc) is 2.81. The topological polar surface area (TPSA) is 84.8 Å². The summed E-state index contributed by atoms with van der Waals surface area (Å²) in [4.78, 5) is 11.7. The summed E-state index contributed by atoms with van der Waals surface area (Å²) >= 11 is 0. The zero-order chi connectivity index (χ0) is 17.3. The number of carbonyl (C=O) groups is 1. The summed E-state index contributed by atoms with van der Waals surface area (Å²) in [5, 5.41) is 2.78. The number of hydrogen-bond acceptors (Lipinski definition) is 4. The molecule has 6 nitrogen and oxygen atoms in total. The summed E-state index contributed by atoms with van der Waals surface area (Å²) in [7, 11) is -3.72. The Labute approximate surface area is 140 Å². The number of sulfonamides is 1. The van der Waals surface area contributed by atoms with Crippen LogP contribution in [0.3, 0.4) is 0 Å². The number of amides is 1. The fraction of sp³-hybridized carbons (Fsp3) is 0.176. The molecule has 2 aromatic rings. The molecule has 7 heteroatoms. The van der Waals surface area contributed by atoms with Crippen LogP contribution in [0, 0.1) is 6.92 Å². The van der Waals surface area contributed by atoms with Crippen LogP contribution in [0.4, 0.5) is 5.69 Å². The molecule has 2 aromatic carbocycles. The van der Waals surface area contributed by atoms with E-state index in [0.717, 1.165) is 5.56 Å². The molecular formula is C17H16N2O4S. The maximum atomic E-state index is 12.0. The van der Waals surface area contributed by atoms with Crippen molar-refractivity contribution in [2.24, 2.45) is 4.40 Å². The molecule has 0 aromatic heterocycles. The number of benzene rings is 2. The van der Waals surface area contributed by atoms with Crippen LogP contribution in [0.1, 0.15) is 24.5 Å². The van der Waals surface area contributed by atoms with Gasteiger partial charge in [0.1, 0.15) is 10.6 Å². The minimum atomic E-state index is -3.72. The van der Waals surface area contributed by atoms with Crippen LogP contribution in [0.5, 0.6) is 5.75 Å². The number of ether oxygens (including phenoxy) is 1. The van der Waals surface area contributed by atoms with Gasteiger partial charge in [-0.1, -0.05) is 25.1 Å². The van der Waals surface area contributed by atoms with Gasteiger partial charge in [-0.15, -0.1) is 4.40 Å². The maximum absolute atomic E-state index is 12.0. The molecule has 0 saturated heterocycles. The highest BCUT2D eigenvalue weighted by Gasteiger charge is 2.30. The van der Waals surface area contributed by atoms with Crippen LogP contribution in [0.2, 0.25) is 0 Å². The van der Waals surface area contributed by atoms with Crippen molar-refractivity contribution in [3.63, 3.8) is 0 Å². The molecule has 124 valence electrons. The summed E-state index contributed by atoms with van der Waals surface area (Å²) in [6.07, 6.45) is 0.364. The van der Waals surface area contributed by atoms with E-state index in [1.54, 1.807) is 43.3 Å². The van der Waals surface area contributed by atoms with Crippen LogP contribution in [-0.2, 0) is 14.8 Å². The summed E-state index contributed by atoms with van der Waals surface area (Å²) in [5.74, 6) is 0.321. The number of rotatable bonds is 3. The maximum Gasteiger partial charge on any atom is 0.286 e. The van der Waals surface area contributed by atoms with Crippen molar-refractivity contribution in [1.29, 1.82) is 0 Å². The van der Waals surface area contributed by atoms with Crippen molar-refractivity contribution in [3.05, 3.63) is 53.6 Å². The molecule has 0 atom stereocenters. The molecule has 1 amide bonds. The summed E-state index contributed by atoms with van der Waals surface area (Å²) in [6, 6.07) is 11.6. The van der Waals surface area contributed by atoms with E-state index >= 15 is 0 Å². The van der Waals surface area contributed by atoms with Gasteiger partial charge in [0.15, 0.2) is 0 Å². The van der Waals surface area contributed by atoms with E-state index in [0.29, 0.717) is 23.4 Å². The normalized spacial score (nSPS) is 14.7. The molecule has 1 heterocycles. The van der Waals surface area contributed by atoms with Gasteiger partial charge < -0.3 is 10.1 Å². The van der Waals surface area contributed by atoms with Gasteiger partial charge in [0.2, 0.25) is 11.8 Å². The monoisotopic (exact) mass is 344 g/mol. The average molecular weight is 344 g/mol. The summed E-state index contributed by atoms with van der Waals surface area (Å²) in [6.45, 7) is 3.63. The Hall–Kier alpha value is -2.67. The third-order valence-corrected chi connectivity index (χ3v) is 4.94. The van der Waals surface area contributed by atoms with Gasteiger partial charge in [0, 0.05) is 18.2 Å². The van der Waals surface area contributed by atoms with Crippen LogP contribution >= 0.6 is 0 Å². The summed E-state index contributed by atoms with van der Waals surface area (Å²) in [5.41, 5.74) is 1.93. The second kappa shape index (κ2) is 6.09. The number of anilines is 1. The molecule has 24 heavy (non-hydrogen) atoms. The van der Waals surface area contributed by atoms with Crippen LogP contribution < -0.4 is 10.1 Å². The molecule has 0 spiro atoms. The number of nitrogens with one attached hydrogen (secondary N) is 1. The van der Waals surface area contributed by atoms with Gasteiger partial charge in [-0.25, -0.2) is 0 Å². The molecule has 1 N–H and O–H groups in total. The minimum Gasteiger partial charge on any atom is -0.438 e. The molecule has 0 saturated carbocycles. The fourth-order valence-corrected chi connectivity index (χ4v) is 3.43. The molecule has 1 aliphatic heterocycles. The Morgan fingerprint density at radius 1 is 1.21 bits per heavy atom. The predicted octanol–water partition coefficient (Wildman–Crippen LogP) is 2.87. The Morgan fingerprint density at radius 2 is 1.96 bits per heavy atom. The highest BCUT2D eigenvalue weighted by atomic mass is 32.2. The largest absolute Gasteiger partial charge is 0.438 e. The van der Waals surface area contributed by atoms with E-state index in [4.69, 9.17) is 4.74 Å². The van der Waals surface area contributed by atoms with E-state index in [1.165, 1.54) is 6.07 Å². The quantitative estimate of drug-likeness (QED) is 0.928. The molecule has 1 aliphatic rings. The standard InChI is InChI=1S/C17H16N2O4S/c1-3-16(20)18-14-10-12(9-8-11(14)2)23-17-13-6-4-5-7-15(13)24(21,22)19-17/h4-10H,3H2,1-2H3,(H,18,20). The first kappa shape index (κ1) is 16.2. The number of nitrogens with zero attached hydrogens (tertiary/aromatic N) is 1. The molecule has 0 bridgehead atoms. The smallest absolute Gasteiger partial charge is 0.286 e. The lowest BCUT2D eigenvalue weighted by Gasteiger charge is -2.11. The van der Waals surface area contributed by atoms with Gasteiger partial charge in [-0.2, -0.15) is 8.42 Å². The van der Waals surface area contributed by atoms with Gasteiger partial charge in [0.25, 0.3) is 10.0 Å². The lowest BCUT2D eigenvalue weighted by Crippen LogP contribution is -2.12. The molecule has 0 fully saturated rings. The molecule has 0 radical (unpaired) electrons. The minimum absolute atomic E-state index is 0.0298. The number of carbonyl (C=O) groups excluding carboxylic acids is 1. The Morgan fingerprint density at radius 3 is 2.71 bits per heavy atom. The highest BCUT2D eigenvalue weighted by Crippen LogP contribution is 2.29. The molecule has 0 unspecified atom stereocenters. The van der Waals surface area contributed by atoms with E-state index < -0.39 is 10.0 Å². The Balaban J connectivity index is 1.93. The zero-order valence-electron chi connectivity index (χ0n) is 13.2. The number of fused-ring (bicyclic) bond motifs is 1. The summed E-state index contributed by atoms with van der Waals surface area (Å²) < 4.78 is 33.4. The van der Waals surface area contributed by atoms with Gasteiger partial charge in [-0.05, 0) is 30.7 Å². The predicted molar refractivity (Wildman–Crippen MR) is 90.9 cm³/mol. The van der Waals surface area contributed by atoms with Gasteiger partial charge >= 0.3 is 0 Å². The van der Waals surface area contributed by atoms with Crippen molar-refractivity contribution < 1.29 is 17.9 Å². The van der Waals surface area contributed by atoms with E-state index in [-0.39, 0.29) is 16.7 Å². The van der Waals surface area contributed by atoms with Crippen molar-refractivity contribution in [2.75, 3.05) is 5.32 Å². The van der Waals surface area contributed by atoms with Crippen molar-refractivity contribution in [2.45, 2.75) is 25.2 Å². The van der Waals surface area contributed by atoms with Crippen LogP contribution in [0.25, 0.3) is 0 Å². The Kier molecular flexibility index (Phi) is 4.11. The highest BCUT2D eigenvalue weighted by molar-refractivity contribution is 7.90. The van der Waals surface area contributed by atoms with Crippen molar-refractivity contribution >= 4 is 27.5 Å². The lowest BCUT2D eigenvalue weighted by atomic mass is 10.2. The first-order valence-electron chi connectivity index (χ1n) is 7.43. The second-order valence-corrected chi connectivity index (χ2v) is 6.92. The van der Waals surface area contributed by atoms with E-state index in [9.17, 15) is 13.2 Å². The molecular weight excluding hydrogens is 328 g/mol. The van der Waals surface area contributed by atoms with Crippen LogP contribution in [-0.4, -0.2) is 20.2 Å². The van der Waals surface area contributed by atoms with Gasteiger partial charge in [-0.3, -0.25) is 4.79 Å². The van der Waals surface area contributed by atoms with Crippen LogP contribution in [0.15, 0.2) is 51.8 Å². The first-order chi connectivity index (χ1) is 11.4.